The lowest BCUT2D eigenvalue weighted by atomic mass is 10.2. The summed E-state index contributed by atoms with van der Waals surface area (Å²) in [5.74, 6) is 2.66. The third-order valence-electron chi connectivity index (χ3n) is 2.08. The van der Waals surface area contributed by atoms with Crippen LogP contribution in [-0.4, -0.2) is 55.8 Å². The number of rotatable bonds is 8. The zero-order valence-electron chi connectivity index (χ0n) is 13.5. The Balaban J connectivity index is 3.68. The highest BCUT2D eigenvalue weighted by Gasteiger charge is 2.15. The first-order valence-corrected chi connectivity index (χ1v) is 8.14. The smallest absolute Gasteiger partial charge is 0.407 e. The normalized spacial score (nSPS) is 11.7. The summed E-state index contributed by atoms with van der Waals surface area (Å²) in [5.41, 5.74) is -0.474. The van der Waals surface area contributed by atoms with Crippen molar-refractivity contribution in [2.45, 2.75) is 26.4 Å². The molecule has 0 aromatic heterocycles. The lowest BCUT2D eigenvalue weighted by Gasteiger charge is -2.19. The Kier molecular flexibility index (Phi) is 10.6. The molecule has 0 saturated heterocycles. The minimum absolute atomic E-state index is 0.409. The Labute approximate surface area is 132 Å². The SMILES string of the molecule is C=CCSCCNC(=NC)NCCNC(=O)OC(C)(C)C. The standard InChI is InChI=1S/C14H28N4O2S/c1-6-10-21-11-9-17-12(15-5)16-7-8-18-13(19)20-14(2,3)4/h6H,1,7-11H2,2-5H3,(H,18,19)(H2,15,16,17). The predicted octanol–water partition coefficient (Wildman–Crippen LogP) is 1.60. The highest BCUT2D eigenvalue weighted by atomic mass is 32.2. The first-order chi connectivity index (χ1) is 9.89. The van der Waals surface area contributed by atoms with E-state index in [4.69, 9.17) is 4.74 Å². The summed E-state index contributed by atoms with van der Waals surface area (Å²) >= 11 is 1.81. The van der Waals surface area contributed by atoms with E-state index in [-0.39, 0.29) is 0 Å². The van der Waals surface area contributed by atoms with Crippen molar-refractivity contribution in [3.63, 3.8) is 0 Å². The van der Waals surface area contributed by atoms with Crippen LogP contribution in [0.15, 0.2) is 17.6 Å². The van der Waals surface area contributed by atoms with E-state index in [0.717, 1.165) is 24.0 Å². The molecule has 0 aliphatic rings. The predicted molar refractivity (Wildman–Crippen MR) is 91.1 cm³/mol. The number of aliphatic imine (C=N–C) groups is 1. The van der Waals surface area contributed by atoms with E-state index in [1.165, 1.54) is 0 Å². The Morgan fingerprint density at radius 2 is 1.86 bits per heavy atom. The maximum absolute atomic E-state index is 11.4. The fraction of sp³-hybridized carbons (Fsp3) is 0.714. The molecule has 0 atom stereocenters. The first kappa shape index (κ1) is 19.6. The number of hydrogen-bond acceptors (Lipinski definition) is 4. The van der Waals surface area contributed by atoms with Crippen LogP contribution in [0.1, 0.15) is 20.8 Å². The summed E-state index contributed by atoms with van der Waals surface area (Å²) in [4.78, 5) is 15.5. The van der Waals surface area contributed by atoms with Crippen LogP contribution in [0.4, 0.5) is 4.79 Å². The second kappa shape index (κ2) is 11.3. The minimum atomic E-state index is -0.474. The highest BCUT2D eigenvalue weighted by molar-refractivity contribution is 7.99. The van der Waals surface area contributed by atoms with Gasteiger partial charge < -0.3 is 20.7 Å². The van der Waals surface area contributed by atoms with Gasteiger partial charge in [-0.25, -0.2) is 4.79 Å². The van der Waals surface area contributed by atoms with E-state index in [0.29, 0.717) is 13.1 Å². The van der Waals surface area contributed by atoms with Crippen LogP contribution < -0.4 is 16.0 Å². The van der Waals surface area contributed by atoms with Crippen molar-refractivity contribution >= 4 is 23.8 Å². The minimum Gasteiger partial charge on any atom is -0.444 e. The number of nitrogens with zero attached hydrogens (tertiary/aromatic N) is 1. The molecule has 0 aromatic rings. The number of thioether (sulfide) groups is 1. The lowest BCUT2D eigenvalue weighted by Crippen LogP contribution is -2.43. The number of amides is 1. The van der Waals surface area contributed by atoms with E-state index in [2.05, 4.69) is 27.5 Å². The molecule has 0 rings (SSSR count). The van der Waals surface area contributed by atoms with Gasteiger partial charge in [-0.05, 0) is 20.8 Å². The molecule has 0 heterocycles. The first-order valence-electron chi connectivity index (χ1n) is 6.99. The van der Waals surface area contributed by atoms with Crippen LogP contribution in [0.2, 0.25) is 0 Å². The fourth-order valence-electron chi connectivity index (χ4n) is 1.29. The fourth-order valence-corrected chi connectivity index (χ4v) is 1.87. The Morgan fingerprint density at radius 3 is 2.43 bits per heavy atom. The van der Waals surface area contributed by atoms with Gasteiger partial charge in [0, 0.05) is 38.2 Å². The summed E-state index contributed by atoms with van der Waals surface area (Å²) in [7, 11) is 1.72. The van der Waals surface area contributed by atoms with Gasteiger partial charge in [-0.15, -0.1) is 6.58 Å². The molecule has 0 saturated carbocycles. The molecule has 21 heavy (non-hydrogen) atoms. The van der Waals surface area contributed by atoms with Gasteiger partial charge in [0.25, 0.3) is 0 Å². The molecular weight excluding hydrogens is 288 g/mol. The van der Waals surface area contributed by atoms with Gasteiger partial charge >= 0.3 is 6.09 Å². The summed E-state index contributed by atoms with van der Waals surface area (Å²) in [6, 6.07) is 0. The summed E-state index contributed by atoms with van der Waals surface area (Å²) < 4.78 is 5.14. The molecule has 1 amide bonds. The summed E-state index contributed by atoms with van der Waals surface area (Å²) in [6.45, 7) is 11.1. The van der Waals surface area contributed by atoms with Gasteiger partial charge in [0.1, 0.15) is 5.60 Å². The van der Waals surface area contributed by atoms with Crippen molar-refractivity contribution in [1.29, 1.82) is 0 Å². The van der Waals surface area contributed by atoms with Crippen LogP contribution >= 0.6 is 11.8 Å². The van der Waals surface area contributed by atoms with Gasteiger partial charge in [-0.2, -0.15) is 11.8 Å². The number of alkyl carbamates (subject to hydrolysis) is 1. The van der Waals surface area contributed by atoms with E-state index >= 15 is 0 Å². The molecule has 0 aliphatic carbocycles. The van der Waals surface area contributed by atoms with Crippen LogP contribution in [-0.2, 0) is 4.74 Å². The van der Waals surface area contributed by atoms with Crippen molar-refractivity contribution in [2.75, 3.05) is 38.2 Å². The van der Waals surface area contributed by atoms with Gasteiger partial charge in [0.2, 0.25) is 0 Å². The van der Waals surface area contributed by atoms with Crippen molar-refractivity contribution < 1.29 is 9.53 Å². The Hall–Kier alpha value is -1.37. The number of nitrogens with one attached hydrogen (secondary N) is 3. The average Bonchev–Trinajstić information content (AvgIpc) is 2.39. The lowest BCUT2D eigenvalue weighted by molar-refractivity contribution is 0.0529. The molecule has 122 valence electrons. The maximum Gasteiger partial charge on any atom is 0.407 e. The molecule has 0 spiro atoms. The molecule has 0 unspecified atom stereocenters. The molecule has 0 radical (unpaired) electrons. The van der Waals surface area contributed by atoms with Crippen LogP contribution in [0, 0.1) is 0 Å². The van der Waals surface area contributed by atoms with E-state index in [9.17, 15) is 4.79 Å². The van der Waals surface area contributed by atoms with Gasteiger partial charge in [0.15, 0.2) is 5.96 Å². The molecular formula is C14H28N4O2S. The second-order valence-corrected chi connectivity index (χ2v) is 6.37. The molecule has 3 N–H and O–H groups in total. The largest absolute Gasteiger partial charge is 0.444 e. The monoisotopic (exact) mass is 316 g/mol. The third-order valence-corrected chi connectivity index (χ3v) is 3.05. The molecule has 0 aliphatic heterocycles. The molecule has 0 bridgehead atoms. The van der Waals surface area contributed by atoms with Crippen molar-refractivity contribution in [2.24, 2.45) is 4.99 Å². The van der Waals surface area contributed by atoms with E-state index in [1.54, 1.807) is 18.8 Å². The molecule has 0 fully saturated rings. The van der Waals surface area contributed by atoms with Gasteiger partial charge in [0.05, 0.1) is 0 Å². The number of guanidine groups is 1. The zero-order valence-corrected chi connectivity index (χ0v) is 14.3. The van der Waals surface area contributed by atoms with Crippen LogP contribution in [0.5, 0.6) is 0 Å². The summed E-state index contributed by atoms with van der Waals surface area (Å²) in [6.07, 6.45) is 1.48. The zero-order chi connectivity index (χ0) is 16.1. The summed E-state index contributed by atoms with van der Waals surface area (Å²) in [5, 5.41) is 8.99. The third kappa shape index (κ3) is 13.4. The quantitative estimate of drug-likeness (QED) is 0.274. The van der Waals surface area contributed by atoms with E-state index < -0.39 is 11.7 Å². The van der Waals surface area contributed by atoms with Gasteiger partial charge in [-0.1, -0.05) is 6.08 Å². The van der Waals surface area contributed by atoms with Crippen molar-refractivity contribution in [1.82, 2.24) is 16.0 Å². The Bertz CT molecular complexity index is 340. The van der Waals surface area contributed by atoms with Gasteiger partial charge in [-0.3, -0.25) is 4.99 Å². The topological polar surface area (TPSA) is 74.8 Å². The van der Waals surface area contributed by atoms with Crippen molar-refractivity contribution in [3.05, 3.63) is 12.7 Å². The number of carbonyl (C=O) groups excluding carboxylic acids is 1. The number of hydrogen-bond donors (Lipinski definition) is 3. The molecule has 6 nitrogen and oxygen atoms in total. The maximum atomic E-state index is 11.4. The second-order valence-electron chi connectivity index (χ2n) is 5.22. The molecule has 7 heteroatoms. The Morgan fingerprint density at radius 1 is 1.24 bits per heavy atom. The highest BCUT2D eigenvalue weighted by Crippen LogP contribution is 2.05. The van der Waals surface area contributed by atoms with E-state index in [1.807, 2.05) is 26.8 Å². The average molecular weight is 316 g/mol. The van der Waals surface area contributed by atoms with Crippen LogP contribution in [0.3, 0.4) is 0 Å². The van der Waals surface area contributed by atoms with Crippen molar-refractivity contribution in [3.8, 4) is 0 Å². The molecule has 0 aromatic carbocycles. The number of ether oxygens (including phenoxy) is 1. The van der Waals surface area contributed by atoms with Crippen LogP contribution in [0.25, 0.3) is 0 Å². The number of carbonyl (C=O) groups is 1.